The van der Waals surface area contributed by atoms with Crippen molar-refractivity contribution in [1.82, 2.24) is 4.98 Å². The van der Waals surface area contributed by atoms with E-state index in [-0.39, 0.29) is 5.15 Å². The largest absolute Gasteiger partial charge is 0.487 e. The Labute approximate surface area is 143 Å². The van der Waals surface area contributed by atoms with Gasteiger partial charge in [-0.1, -0.05) is 53.5 Å². The van der Waals surface area contributed by atoms with Gasteiger partial charge in [-0.3, -0.25) is 0 Å². The number of ether oxygens (including phenoxy) is 1. The van der Waals surface area contributed by atoms with Crippen molar-refractivity contribution in [2.24, 2.45) is 0 Å². The van der Waals surface area contributed by atoms with Gasteiger partial charge < -0.3 is 4.74 Å². The quantitative estimate of drug-likeness (QED) is 0.558. The molecule has 3 rings (SSSR count). The molecule has 1 heterocycles. The van der Waals surface area contributed by atoms with Crippen LogP contribution in [-0.4, -0.2) is 4.98 Å². The summed E-state index contributed by atoms with van der Waals surface area (Å²) in [5, 5.41) is 0.585. The van der Waals surface area contributed by atoms with E-state index in [4.69, 9.17) is 27.9 Å². The van der Waals surface area contributed by atoms with E-state index < -0.39 is 5.82 Å². The first-order valence-electron chi connectivity index (χ1n) is 6.92. The van der Waals surface area contributed by atoms with Crippen LogP contribution in [0, 0.1) is 5.82 Å². The zero-order valence-corrected chi connectivity index (χ0v) is 13.5. The summed E-state index contributed by atoms with van der Waals surface area (Å²) in [5.41, 5.74) is 1.65. The predicted octanol–water partition coefficient (Wildman–Crippen LogP) is 5.77. The summed E-state index contributed by atoms with van der Waals surface area (Å²) in [6.07, 6.45) is 0. The SMILES string of the molecule is Fc1cc(Cl)ccc1-c1nc(Cl)ccc1OCc1ccccc1. The van der Waals surface area contributed by atoms with E-state index in [1.54, 1.807) is 24.3 Å². The first-order chi connectivity index (χ1) is 11.1. The van der Waals surface area contributed by atoms with Crippen molar-refractivity contribution in [3.05, 3.63) is 82.2 Å². The summed E-state index contributed by atoms with van der Waals surface area (Å²) in [4.78, 5) is 4.20. The van der Waals surface area contributed by atoms with E-state index in [0.29, 0.717) is 28.6 Å². The molecule has 5 heteroatoms. The predicted molar refractivity (Wildman–Crippen MR) is 90.4 cm³/mol. The Balaban J connectivity index is 1.95. The van der Waals surface area contributed by atoms with Gasteiger partial charge in [0.25, 0.3) is 0 Å². The molecule has 0 aliphatic carbocycles. The van der Waals surface area contributed by atoms with Crippen molar-refractivity contribution < 1.29 is 9.13 Å². The molecule has 3 aromatic rings. The molecular formula is C18H12Cl2FNO. The van der Waals surface area contributed by atoms with Gasteiger partial charge in [-0.15, -0.1) is 0 Å². The lowest BCUT2D eigenvalue weighted by Crippen LogP contribution is -1.99. The minimum Gasteiger partial charge on any atom is -0.487 e. The Morgan fingerprint density at radius 2 is 1.74 bits per heavy atom. The first-order valence-corrected chi connectivity index (χ1v) is 7.68. The van der Waals surface area contributed by atoms with Gasteiger partial charge in [0, 0.05) is 10.6 Å². The number of halogens is 3. The molecule has 2 nitrogen and oxygen atoms in total. The minimum absolute atomic E-state index is 0.265. The third-order valence-corrected chi connectivity index (χ3v) is 3.69. The second kappa shape index (κ2) is 6.99. The molecule has 0 fully saturated rings. The van der Waals surface area contributed by atoms with Gasteiger partial charge in [0.2, 0.25) is 0 Å². The van der Waals surface area contributed by atoms with Gasteiger partial charge in [-0.05, 0) is 35.9 Å². The van der Waals surface area contributed by atoms with Gasteiger partial charge in [0.1, 0.15) is 29.0 Å². The van der Waals surface area contributed by atoms with Gasteiger partial charge in [0.15, 0.2) is 0 Å². The van der Waals surface area contributed by atoms with Crippen LogP contribution in [-0.2, 0) is 6.61 Å². The van der Waals surface area contributed by atoms with Crippen molar-refractivity contribution in [3.63, 3.8) is 0 Å². The number of hydrogen-bond donors (Lipinski definition) is 0. The van der Waals surface area contributed by atoms with Crippen LogP contribution in [0.25, 0.3) is 11.3 Å². The van der Waals surface area contributed by atoms with Crippen LogP contribution in [0.4, 0.5) is 4.39 Å². The van der Waals surface area contributed by atoms with E-state index >= 15 is 0 Å². The molecule has 1 aromatic heterocycles. The maximum Gasteiger partial charge on any atom is 0.146 e. The molecule has 0 aliphatic heterocycles. The number of nitrogens with zero attached hydrogens (tertiary/aromatic N) is 1. The summed E-state index contributed by atoms with van der Waals surface area (Å²) in [7, 11) is 0. The van der Waals surface area contributed by atoms with Crippen LogP contribution in [0.5, 0.6) is 5.75 Å². The van der Waals surface area contributed by atoms with Gasteiger partial charge in [-0.2, -0.15) is 0 Å². The lowest BCUT2D eigenvalue weighted by molar-refractivity contribution is 0.306. The highest BCUT2D eigenvalue weighted by atomic mass is 35.5. The molecule has 0 aliphatic rings. The molecule has 0 N–H and O–H groups in total. The fraction of sp³-hybridized carbons (Fsp3) is 0.0556. The normalized spacial score (nSPS) is 10.6. The van der Waals surface area contributed by atoms with Gasteiger partial charge in [-0.25, -0.2) is 9.37 Å². The summed E-state index contributed by atoms with van der Waals surface area (Å²) in [6.45, 7) is 0.354. The molecule has 0 saturated heterocycles. The fourth-order valence-electron chi connectivity index (χ4n) is 2.15. The second-order valence-corrected chi connectivity index (χ2v) is 5.70. The maximum atomic E-state index is 14.2. The average molecular weight is 348 g/mol. The first kappa shape index (κ1) is 15.8. The highest BCUT2D eigenvalue weighted by Crippen LogP contribution is 2.33. The lowest BCUT2D eigenvalue weighted by atomic mass is 10.1. The zero-order chi connectivity index (χ0) is 16.2. The fourth-order valence-corrected chi connectivity index (χ4v) is 2.46. The summed E-state index contributed by atoms with van der Waals surface area (Å²) >= 11 is 11.8. The van der Waals surface area contributed by atoms with Crippen molar-refractivity contribution in [2.45, 2.75) is 6.61 Å². The Hall–Kier alpha value is -2.10. The Bertz CT molecular complexity index is 825. The lowest BCUT2D eigenvalue weighted by Gasteiger charge is -2.12. The van der Waals surface area contributed by atoms with Crippen LogP contribution in [0.1, 0.15) is 5.56 Å². The number of rotatable bonds is 4. The van der Waals surface area contributed by atoms with Crippen LogP contribution in [0.15, 0.2) is 60.7 Å². The number of aromatic nitrogens is 1. The summed E-state index contributed by atoms with van der Waals surface area (Å²) in [5.74, 6) is -0.0173. The molecule has 0 bridgehead atoms. The molecule has 23 heavy (non-hydrogen) atoms. The van der Waals surface area contributed by atoms with E-state index in [9.17, 15) is 4.39 Å². The van der Waals surface area contributed by atoms with Crippen LogP contribution in [0.2, 0.25) is 10.2 Å². The standard InChI is InChI=1S/C18H12Cl2FNO/c19-13-6-7-14(15(21)10-13)18-16(8-9-17(20)22-18)23-11-12-4-2-1-3-5-12/h1-10H,11H2. The molecule has 0 unspecified atom stereocenters. The van der Waals surface area contributed by atoms with Crippen LogP contribution < -0.4 is 4.74 Å². The third-order valence-electron chi connectivity index (χ3n) is 3.25. The highest BCUT2D eigenvalue weighted by Gasteiger charge is 2.14. The molecule has 0 amide bonds. The van der Waals surface area contributed by atoms with E-state index in [0.717, 1.165) is 5.56 Å². The molecule has 0 spiro atoms. The van der Waals surface area contributed by atoms with Crippen molar-refractivity contribution in [3.8, 4) is 17.0 Å². The van der Waals surface area contributed by atoms with Crippen LogP contribution in [0.3, 0.4) is 0 Å². The summed E-state index contributed by atoms with van der Waals surface area (Å²) in [6, 6.07) is 17.4. The Kier molecular flexibility index (Phi) is 4.79. The number of benzene rings is 2. The maximum absolute atomic E-state index is 14.2. The number of pyridine rings is 1. The molecule has 0 saturated carbocycles. The van der Waals surface area contributed by atoms with E-state index in [1.807, 2.05) is 30.3 Å². The number of hydrogen-bond acceptors (Lipinski definition) is 2. The third kappa shape index (κ3) is 3.81. The monoisotopic (exact) mass is 347 g/mol. The minimum atomic E-state index is -0.475. The average Bonchev–Trinajstić information content (AvgIpc) is 2.55. The van der Waals surface area contributed by atoms with E-state index in [2.05, 4.69) is 4.98 Å². The summed E-state index contributed by atoms with van der Waals surface area (Å²) < 4.78 is 20.0. The van der Waals surface area contributed by atoms with Gasteiger partial charge in [0.05, 0.1) is 0 Å². The highest BCUT2D eigenvalue weighted by molar-refractivity contribution is 6.30. The second-order valence-electron chi connectivity index (χ2n) is 4.88. The van der Waals surface area contributed by atoms with Gasteiger partial charge >= 0.3 is 0 Å². The topological polar surface area (TPSA) is 22.1 Å². The smallest absolute Gasteiger partial charge is 0.146 e. The van der Waals surface area contributed by atoms with Crippen LogP contribution >= 0.6 is 23.2 Å². The molecular weight excluding hydrogens is 336 g/mol. The van der Waals surface area contributed by atoms with Crippen molar-refractivity contribution in [2.75, 3.05) is 0 Å². The zero-order valence-electron chi connectivity index (χ0n) is 12.0. The Morgan fingerprint density at radius 1 is 0.957 bits per heavy atom. The van der Waals surface area contributed by atoms with Crippen molar-refractivity contribution in [1.29, 1.82) is 0 Å². The molecule has 116 valence electrons. The van der Waals surface area contributed by atoms with E-state index in [1.165, 1.54) is 6.07 Å². The Morgan fingerprint density at radius 3 is 2.48 bits per heavy atom. The molecule has 0 radical (unpaired) electrons. The molecule has 2 aromatic carbocycles. The molecule has 0 atom stereocenters. The van der Waals surface area contributed by atoms with Crippen molar-refractivity contribution >= 4 is 23.2 Å².